The van der Waals surface area contributed by atoms with E-state index in [2.05, 4.69) is 41.8 Å². The lowest BCUT2D eigenvalue weighted by Gasteiger charge is -2.23. The predicted molar refractivity (Wildman–Crippen MR) is 84.9 cm³/mol. The Morgan fingerprint density at radius 2 is 2.14 bits per heavy atom. The van der Waals surface area contributed by atoms with Gasteiger partial charge in [0.1, 0.15) is 0 Å². The Bertz CT molecular complexity index is 462. The topological polar surface area (TPSA) is 63.2 Å². The number of carbonyl (C=O) groups excluding carboxylic acids is 1. The molecule has 6 heteroatoms. The second-order valence-electron chi connectivity index (χ2n) is 6.41. The van der Waals surface area contributed by atoms with Gasteiger partial charge < -0.3 is 15.4 Å². The number of nitrogens with zero attached hydrogens (tertiary/aromatic N) is 1. The number of aromatic nitrogens is 1. The average Bonchev–Trinajstić information content (AvgIpc) is 2.88. The Hall–Kier alpha value is -1.14. The predicted octanol–water partition coefficient (Wildman–Crippen LogP) is 2.46. The van der Waals surface area contributed by atoms with Crippen LogP contribution in [0.2, 0.25) is 0 Å². The van der Waals surface area contributed by atoms with E-state index in [1.54, 1.807) is 11.3 Å². The van der Waals surface area contributed by atoms with Gasteiger partial charge in [-0.3, -0.25) is 0 Å². The van der Waals surface area contributed by atoms with Crippen molar-refractivity contribution in [3.8, 4) is 0 Å². The van der Waals surface area contributed by atoms with E-state index in [0.717, 1.165) is 43.2 Å². The average molecular weight is 311 g/mol. The normalized spacial score (nSPS) is 16.7. The van der Waals surface area contributed by atoms with E-state index < -0.39 is 0 Å². The number of rotatable bonds is 4. The monoisotopic (exact) mass is 311 g/mol. The van der Waals surface area contributed by atoms with Gasteiger partial charge in [0.15, 0.2) is 0 Å². The summed E-state index contributed by atoms with van der Waals surface area (Å²) in [4.78, 5) is 16.4. The van der Waals surface area contributed by atoms with Gasteiger partial charge in [-0.1, -0.05) is 20.8 Å². The quantitative estimate of drug-likeness (QED) is 0.898. The molecule has 5 nitrogen and oxygen atoms in total. The van der Waals surface area contributed by atoms with Crippen molar-refractivity contribution in [2.24, 2.45) is 0 Å². The van der Waals surface area contributed by atoms with Crippen LogP contribution < -0.4 is 10.6 Å². The number of thiazole rings is 1. The Morgan fingerprint density at radius 3 is 2.76 bits per heavy atom. The fraction of sp³-hybridized carbons (Fsp3) is 0.733. The molecule has 0 unspecified atom stereocenters. The summed E-state index contributed by atoms with van der Waals surface area (Å²) in [6, 6.07) is 0.153. The summed E-state index contributed by atoms with van der Waals surface area (Å²) in [6.07, 6.45) is 2.58. The van der Waals surface area contributed by atoms with Gasteiger partial charge in [-0.25, -0.2) is 9.78 Å². The van der Waals surface area contributed by atoms with E-state index in [1.165, 1.54) is 0 Å². The Labute approximate surface area is 130 Å². The summed E-state index contributed by atoms with van der Waals surface area (Å²) < 4.78 is 5.27. The van der Waals surface area contributed by atoms with Crippen LogP contribution >= 0.6 is 11.3 Å². The van der Waals surface area contributed by atoms with Gasteiger partial charge in [-0.05, 0) is 12.8 Å². The molecule has 1 aromatic rings. The maximum Gasteiger partial charge on any atom is 0.315 e. The molecule has 0 bridgehead atoms. The van der Waals surface area contributed by atoms with Gasteiger partial charge in [-0.15, -0.1) is 11.3 Å². The third-order valence-corrected chi connectivity index (χ3v) is 4.41. The molecule has 0 atom stereocenters. The highest BCUT2D eigenvalue weighted by Gasteiger charge is 2.18. The minimum absolute atomic E-state index is 0.0859. The summed E-state index contributed by atoms with van der Waals surface area (Å²) >= 11 is 1.66. The molecular formula is C15H25N3O2S. The zero-order valence-corrected chi connectivity index (χ0v) is 13.9. The summed E-state index contributed by atoms with van der Waals surface area (Å²) in [6.45, 7) is 8.56. The van der Waals surface area contributed by atoms with Crippen LogP contribution in [0.1, 0.15) is 44.3 Å². The van der Waals surface area contributed by atoms with Gasteiger partial charge in [0.25, 0.3) is 0 Å². The number of nitrogens with one attached hydrogen (secondary N) is 2. The first-order valence-electron chi connectivity index (χ1n) is 7.52. The van der Waals surface area contributed by atoms with Crippen molar-refractivity contribution in [1.29, 1.82) is 0 Å². The summed E-state index contributed by atoms with van der Waals surface area (Å²) in [5, 5.41) is 9.07. The van der Waals surface area contributed by atoms with E-state index in [9.17, 15) is 4.79 Å². The van der Waals surface area contributed by atoms with Crippen molar-refractivity contribution >= 4 is 17.4 Å². The molecule has 0 saturated carbocycles. The second-order valence-corrected chi connectivity index (χ2v) is 7.36. The number of hydrogen-bond acceptors (Lipinski definition) is 4. The minimum Gasteiger partial charge on any atom is -0.381 e. The van der Waals surface area contributed by atoms with Crippen molar-refractivity contribution in [2.75, 3.05) is 19.8 Å². The molecule has 2 heterocycles. The van der Waals surface area contributed by atoms with Gasteiger partial charge in [0, 0.05) is 43.0 Å². The number of urea groups is 1. The van der Waals surface area contributed by atoms with Crippen molar-refractivity contribution in [3.05, 3.63) is 16.1 Å². The number of ether oxygens (including phenoxy) is 1. The largest absolute Gasteiger partial charge is 0.381 e. The summed E-state index contributed by atoms with van der Waals surface area (Å²) in [5.74, 6) is 0. The fourth-order valence-corrected chi connectivity index (χ4v) is 3.16. The van der Waals surface area contributed by atoms with Crippen molar-refractivity contribution in [2.45, 2.75) is 51.5 Å². The van der Waals surface area contributed by atoms with E-state index in [4.69, 9.17) is 4.74 Å². The highest BCUT2D eigenvalue weighted by Crippen LogP contribution is 2.23. The van der Waals surface area contributed by atoms with E-state index >= 15 is 0 Å². The van der Waals surface area contributed by atoms with Crippen LogP contribution in [0.5, 0.6) is 0 Å². The Kier molecular flexibility index (Phi) is 5.58. The molecule has 2 amide bonds. The van der Waals surface area contributed by atoms with Gasteiger partial charge in [0.2, 0.25) is 0 Å². The maximum absolute atomic E-state index is 11.8. The Morgan fingerprint density at radius 1 is 1.43 bits per heavy atom. The van der Waals surface area contributed by atoms with Crippen LogP contribution in [-0.2, 0) is 16.6 Å². The first-order chi connectivity index (χ1) is 9.95. The van der Waals surface area contributed by atoms with Gasteiger partial charge in [-0.2, -0.15) is 0 Å². The first-order valence-corrected chi connectivity index (χ1v) is 8.40. The van der Waals surface area contributed by atoms with E-state index in [0.29, 0.717) is 6.54 Å². The number of amides is 2. The lowest BCUT2D eigenvalue weighted by Crippen LogP contribution is -2.44. The second kappa shape index (κ2) is 7.22. The molecule has 1 fully saturated rings. The zero-order valence-electron chi connectivity index (χ0n) is 13.1. The number of carbonyl (C=O) groups is 1. The molecule has 1 aliphatic rings. The first kappa shape index (κ1) is 16.2. The van der Waals surface area contributed by atoms with Crippen LogP contribution in [0.25, 0.3) is 0 Å². The third-order valence-electron chi connectivity index (χ3n) is 3.50. The molecule has 21 heavy (non-hydrogen) atoms. The molecule has 1 aliphatic heterocycles. The molecule has 0 aromatic carbocycles. The maximum atomic E-state index is 11.8. The minimum atomic E-state index is -0.0884. The van der Waals surface area contributed by atoms with Gasteiger partial charge >= 0.3 is 6.03 Å². The van der Waals surface area contributed by atoms with Crippen molar-refractivity contribution in [3.63, 3.8) is 0 Å². The molecule has 118 valence electrons. The summed E-state index contributed by atoms with van der Waals surface area (Å²) in [7, 11) is 0. The molecule has 2 N–H and O–H groups in total. The van der Waals surface area contributed by atoms with Crippen LogP contribution in [0.3, 0.4) is 0 Å². The zero-order chi connectivity index (χ0) is 15.3. The molecule has 0 spiro atoms. The van der Waals surface area contributed by atoms with Gasteiger partial charge in [0.05, 0.1) is 10.7 Å². The van der Waals surface area contributed by atoms with Crippen LogP contribution in [0.4, 0.5) is 4.79 Å². The molecule has 2 rings (SSSR count). The van der Waals surface area contributed by atoms with Crippen molar-refractivity contribution in [1.82, 2.24) is 15.6 Å². The van der Waals surface area contributed by atoms with Crippen LogP contribution in [0.15, 0.2) is 5.38 Å². The van der Waals surface area contributed by atoms with E-state index in [1.807, 2.05) is 0 Å². The van der Waals surface area contributed by atoms with Crippen LogP contribution in [0, 0.1) is 0 Å². The lowest BCUT2D eigenvalue weighted by atomic mass is 9.93. The molecule has 1 saturated heterocycles. The Balaban J connectivity index is 1.69. The molecule has 0 radical (unpaired) electrons. The fourth-order valence-electron chi connectivity index (χ4n) is 2.13. The smallest absolute Gasteiger partial charge is 0.315 e. The number of hydrogen-bond donors (Lipinski definition) is 2. The standard InChI is InChI=1S/C15H25N3O2S/c1-15(2,3)12-10-21-13(18-12)4-7-16-14(19)17-11-5-8-20-9-6-11/h10-11H,4-9H2,1-3H3,(H2,16,17,19). The summed E-state index contributed by atoms with van der Waals surface area (Å²) in [5.41, 5.74) is 1.21. The third kappa shape index (κ3) is 5.28. The molecule has 0 aliphatic carbocycles. The molecule has 1 aromatic heterocycles. The lowest BCUT2D eigenvalue weighted by molar-refractivity contribution is 0.0801. The van der Waals surface area contributed by atoms with Crippen LogP contribution in [-0.4, -0.2) is 36.8 Å². The highest BCUT2D eigenvalue weighted by atomic mass is 32.1. The molecular weight excluding hydrogens is 286 g/mol. The van der Waals surface area contributed by atoms with E-state index in [-0.39, 0.29) is 17.5 Å². The van der Waals surface area contributed by atoms with Crippen molar-refractivity contribution < 1.29 is 9.53 Å². The SMILES string of the molecule is CC(C)(C)c1csc(CCNC(=O)NC2CCOCC2)n1. The highest BCUT2D eigenvalue weighted by molar-refractivity contribution is 7.09.